The van der Waals surface area contributed by atoms with Crippen LogP contribution in [0.4, 0.5) is 0 Å². The lowest BCUT2D eigenvalue weighted by atomic mass is 10.5. The van der Waals surface area contributed by atoms with E-state index in [4.69, 9.17) is 5.41 Å². The highest BCUT2D eigenvalue weighted by molar-refractivity contribution is 5.70. The van der Waals surface area contributed by atoms with Crippen LogP contribution < -0.4 is 0 Å². The van der Waals surface area contributed by atoms with Gasteiger partial charge in [-0.1, -0.05) is 5.57 Å². The zero-order chi connectivity index (χ0) is 4.41. The predicted octanol–water partition coefficient (Wildman–Crippen LogP) is 1.36. The Morgan fingerprint density at radius 3 is 2.33 bits per heavy atom. The minimum Gasteiger partial charge on any atom is -0.309 e. The van der Waals surface area contributed by atoms with Crippen LogP contribution in [0.15, 0.2) is 11.6 Å². The highest BCUT2D eigenvalue weighted by Crippen LogP contribution is 2.26. The molecule has 1 fully saturated rings. The van der Waals surface area contributed by atoms with Gasteiger partial charge in [0.15, 0.2) is 0 Å². The minimum absolute atomic E-state index is 1.23. The molecule has 1 heteroatoms. The van der Waals surface area contributed by atoms with Crippen molar-refractivity contribution in [1.82, 2.24) is 0 Å². The third-order valence-electron chi connectivity index (χ3n) is 0.858. The summed E-state index contributed by atoms with van der Waals surface area (Å²) in [5, 5.41) is 6.57. The molecule has 0 unspecified atom stereocenters. The van der Waals surface area contributed by atoms with Gasteiger partial charge in [0.25, 0.3) is 0 Å². The van der Waals surface area contributed by atoms with Crippen molar-refractivity contribution in [1.29, 1.82) is 5.41 Å². The number of allylic oxidation sites excluding steroid dienone is 2. The number of hydrogen-bond acceptors (Lipinski definition) is 1. The van der Waals surface area contributed by atoms with Crippen molar-refractivity contribution in [3.05, 3.63) is 11.6 Å². The van der Waals surface area contributed by atoms with E-state index in [1.807, 2.05) is 6.08 Å². The lowest BCUT2D eigenvalue weighted by molar-refractivity contribution is 1.50. The molecule has 1 N–H and O–H groups in total. The molecule has 6 heavy (non-hydrogen) atoms. The molecule has 1 aliphatic carbocycles. The van der Waals surface area contributed by atoms with Gasteiger partial charge >= 0.3 is 0 Å². The highest BCUT2D eigenvalue weighted by atomic mass is 14.3. The Morgan fingerprint density at radius 1 is 1.50 bits per heavy atom. The van der Waals surface area contributed by atoms with Gasteiger partial charge in [-0.3, -0.25) is 0 Å². The second kappa shape index (κ2) is 1.25. The van der Waals surface area contributed by atoms with E-state index >= 15 is 0 Å². The van der Waals surface area contributed by atoms with E-state index in [0.717, 1.165) is 0 Å². The Kier molecular flexibility index (Phi) is 0.748. The Morgan fingerprint density at radius 2 is 2.17 bits per heavy atom. The molecule has 0 heterocycles. The van der Waals surface area contributed by atoms with Crippen molar-refractivity contribution in [2.75, 3.05) is 0 Å². The summed E-state index contributed by atoms with van der Waals surface area (Å²) in [7, 11) is 0. The summed E-state index contributed by atoms with van der Waals surface area (Å²) in [6, 6.07) is 0. The number of hydrogen-bond donors (Lipinski definition) is 1. The van der Waals surface area contributed by atoms with E-state index in [1.54, 1.807) is 0 Å². The highest BCUT2D eigenvalue weighted by Gasteiger charge is 2.07. The molecular weight excluding hydrogens is 74.1 g/mol. The molecule has 1 saturated carbocycles. The van der Waals surface area contributed by atoms with Crippen molar-refractivity contribution >= 4 is 6.21 Å². The lowest BCUT2D eigenvalue weighted by Gasteiger charge is -1.57. The van der Waals surface area contributed by atoms with Crippen LogP contribution in [-0.4, -0.2) is 6.21 Å². The van der Waals surface area contributed by atoms with Crippen LogP contribution in [-0.2, 0) is 0 Å². The monoisotopic (exact) mass is 81.1 g/mol. The zero-order valence-electron chi connectivity index (χ0n) is 3.57. The Labute approximate surface area is 37.2 Å². The Bertz CT molecular complexity index is 86.1. The molecule has 1 aliphatic rings. The molecule has 0 aromatic rings. The molecule has 0 amide bonds. The van der Waals surface area contributed by atoms with Gasteiger partial charge in [0, 0.05) is 6.21 Å². The fraction of sp³-hybridized carbons (Fsp3) is 0.400. The summed E-state index contributed by atoms with van der Waals surface area (Å²) in [5.74, 6) is 0. The smallest absolute Gasteiger partial charge is 0.0177 e. The summed E-state index contributed by atoms with van der Waals surface area (Å²) in [5.41, 5.74) is 1.42. The van der Waals surface area contributed by atoms with Crippen LogP contribution in [0.3, 0.4) is 0 Å². The van der Waals surface area contributed by atoms with Gasteiger partial charge in [-0.2, -0.15) is 0 Å². The second-order valence-electron chi connectivity index (χ2n) is 1.49. The lowest BCUT2D eigenvalue weighted by Crippen LogP contribution is -1.50. The molecule has 1 rings (SSSR count). The van der Waals surface area contributed by atoms with E-state index < -0.39 is 0 Å². The van der Waals surface area contributed by atoms with Gasteiger partial charge in [-0.15, -0.1) is 0 Å². The van der Waals surface area contributed by atoms with Crippen LogP contribution in [0.2, 0.25) is 0 Å². The number of nitrogens with one attached hydrogen (secondary N) is 1. The predicted molar refractivity (Wildman–Crippen MR) is 26.1 cm³/mol. The normalized spacial score (nSPS) is 17.0. The Hall–Kier alpha value is -0.590. The molecule has 0 aromatic heterocycles. The second-order valence-corrected chi connectivity index (χ2v) is 1.49. The average molecular weight is 81.1 g/mol. The van der Waals surface area contributed by atoms with Crippen LogP contribution in [0, 0.1) is 5.41 Å². The van der Waals surface area contributed by atoms with E-state index in [2.05, 4.69) is 0 Å². The zero-order valence-corrected chi connectivity index (χ0v) is 3.57. The summed E-state index contributed by atoms with van der Waals surface area (Å²) in [6.07, 6.45) is 5.67. The van der Waals surface area contributed by atoms with Gasteiger partial charge < -0.3 is 5.41 Å². The van der Waals surface area contributed by atoms with E-state index in [1.165, 1.54) is 24.6 Å². The van der Waals surface area contributed by atoms with Crippen LogP contribution in [0.25, 0.3) is 0 Å². The molecule has 0 aromatic carbocycles. The molecule has 0 radical (unpaired) electrons. The minimum atomic E-state index is 1.23. The topological polar surface area (TPSA) is 23.9 Å². The Balaban J connectivity index is 2.42. The van der Waals surface area contributed by atoms with Gasteiger partial charge in [0.05, 0.1) is 0 Å². The van der Waals surface area contributed by atoms with Crippen LogP contribution in [0.5, 0.6) is 0 Å². The fourth-order valence-electron chi connectivity index (χ4n) is 0.357. The molecule has 0 saturated heterocycles. The molecule has 0 bridgehead atoms. The van der Waals surface area contributed by atoms with Gasteiger partial charge in [-0.05, 0) is 18.9 Å². The third-order valence-corrected chi connectivity index (χ3v) is 0.858. The van der Waals surface area contributed by atoms with Crippen molar-refractivity contribution < 1.29 is 0 Å². The summed E-state index contributed by atoms with van der Waals surface area (Å²) < 4.78 is 0. The molecular formula is C5H7N. The SMILES string of the molecule is N=CC=C1CC1. The van der Waals surface area contributed by atoms with Gasteiger partial charge in [0.1, 0.15) is 0 Å². The summed E-state index contributed by atoms with van der Waals surface area (Å²) in [4.78, 5) is 0. The van der Waals surface area contributed by atoms with Crippen molar-refractivity contribution in [2.24, 2.45) is 0 Å². The summed E-state index contributed by atoms with van der Waals surface area (Å²) >= 11 is 0. The largest absolute Gasteiger partial charge is 0.309 e. The van der Waals surface area contributed by atoms with E-state index in [-0.39, 0.29) is 0 Å². The first-order chi connectivity index (χ1) is 2.93. The van der Waals surface area contributed by atoms with E-state index in [0.29, 0.717) is 0 Å². The fourth-order valence-corrected chi connectivity index (χ4v) is 0.357. The third kappa shape index (κ3) is 0.677. The molecule has 32 valence electrons. The standard InChI is InChI=1S/C5H7N/c6-4-3-5-1-2-5/h3-4,6H,1-2H2. The maximum atomic E-state index is 6.57. The molecule has 0 aliphatic heterocycles. The first-order valence-electron chi connectivity index (χ1n) is 2.12. The van der Waals surface area contributed by atoms with Gasteiger partial charge in [-0.25, -0.2) is 0 Å². The van der Waals surface area contributed by atoms with E-state index in [9.17, 15) is 0 Å². The molecule has 0 spiro atoms. The maximum absolute atomic E-state index is 6.57. The van der Waals surface area contributed by atoms with Crippen LogP contribution >= 0.6 is 0 Å². The molecule has 0 atom stereocenters. The first kappa shape index (κ1) is 3.59. The first-order valence-corrected chi connectivity index (χ1v) is 2.12. The molecule has 1 nitrogen and oxygen atoms in total. The van der Waals surface area contributed by atoms with Crippen molar-refractivity contribution in [3.8, 4) is 0 Å². The van der Waals surface area contributed by atoms with Crippen molar-refractivity contribution in [3.63, 3.8) is 0 Å². The summed E-state index contributed by atoms with van der Waals surface area (Å²) in [6.45, 7) is 0. The average Bonchev–Trinajstić information content (AvgIpc) is 2.21. The quantitative estimate of drug-likeness (QED) is 0.461. The van der Waals surface area contributed by atoms with Crippen molar-refractivity contribution in [2.45, 2.75) is 12.8 Å². The van der Waals surface area contributed by atoms with Gasteiger partial charge in [0.2, 0.25) is 0 Å². The maximum Gasteiger partial charge on any atom is 0.0177 e. The van der Waals surface area contributed by atoms with Crippen LogP contribution in [0.1, 0.15) is 12.8 Å². The number of rotatable bonds is 1.